The van der Waals surface area contributed by atoms with Crippen LogP contribution in [0.1, 0.15) is 52.3 Å². The Morgan fingerprint density at radius 1 is 0.593 bits per heavy atom. The molecule has 1 unspecified atom stereocenters. The molecule has 0 fully saturated rings. The highest BCUT2D eigenvalue weighted by Gasteiger charge is 2.24. The molecule has 3 aliphatic rings. The average Bonchev–Trinajstić information content (AvgIpc) is 3.82. The number of benzene rings is 7. The zero-order valence-corrected chi connectivity index (χ0v) is 30.7. The highest BCUT2D eigenvalue weighted by molar-refractivity contribution is 7.20. The number of aryl methyl sites for hydroxylation is 2. The summed E-state index contributed by atoms with van der Waals surface area (Å²) in [5.74, 6) is 0.241. The van der Waals surface area contributed by atoms with Gasteiger partial charge in [-0.3, -0.25) is 0 Å². The summed E-state index contributed by atoms with van der Waals surface area (Å²) in [7, 11) is 0. The van der Waals surface area contributed by atoms with Gasteiger partial charge in [-0.25, -0.2) is 0 Å². The minimum atomic E-state index is 0.241. The lowest BCUT2D eigenvalue weighted by Gasteiger charge is -2.20. The summed E-state index contributed by atoms with van der Waals surface area (Å²) >= 11 is 1.96. The maximum atomic E-state index is 6.87. The molecule has 2 aromatic heterocycles. The van der Waals surface area contributed by atoms with Crippen LogP contribution in [-0.4, -0.2) is 0 Å². The van der Waals surface area contributed by atoms with Crippen molar-refractivity contribution >= 4 is 89.0 Å². The van der Waals surface area contributed by atoms with E-state index in [1.54, 1.807) is 0 Å². The van der Waals surface area contributed by atoms with Crippen LogP contribution in [0.3, 0.4) is 0 Å². The third kappa shape index (κ3) is 4.44. The highest BCUT2D eigenvalue weighted by Crippen LogP contribution is 2.46. The molecule has 3 aliphatic carbocycles. The summed E-state index contributed by atoms with van der Waals surface area (Å²) in [4.78, 5) is 1.48. The van der Waals surface area contributed by atoms with E-state index in [0.29, 0.717) is 0 Å². The monoisotopic (exact) mass is 708 g/mol. The van der Waals surface area contributed by atoms with Crippen LogP contribution in [-0.2, 0) is 12.8 Å². The van der Waals surface area contributed by atoms with Crippen molar-refractivity contribution in [3.05, 3.63) is 165 Å². The second-order valence-electron chi connectivity index (χ2n) is 15.2. The molecular weight excluding hydrogens is 673 g/mol. The predicted molar refractivity (Wildman–Crippen MR) is 232 cm³/mol. The maximum absolute atomic E-state index is 6.87. The van der Waals surface area contributed by atoms with Crippen molar-refractivity contribution in [2.75, 3.05) is 0 Å². The van der Waals surface area contributed by atoms with Gasteiger partial charge in [0.1, 0.15) is 11.0 Å². The lowest BCUT2D eigenvalue weighted by atomic mass is 9.83. The molecule has 0 bridgehead atoms. The Balaban J connectivity index is 1.05. The molecule has 1 nitrogen and oxygen atoms in total. The molecule has 7 aromatic carbocycles. The normalized spacial score (nSPS) is 16.1. The Labute approximate surface area is 317 Å². The first kappa shape index (κ1) is 30.5. The SMILES string of the molecule is C1=Cc2ccc(-c3c4ccccc4c(-c4cccc(C5C=c6c(oc7c8c9c(sc8c8ccccc8c67)CCC=C9)=CC5)c4)c4ccccc34)cc2CC1. The minimum absolute atomic E-state index is 0.241. The van der Waals surface area contributed by atoms with Crippen molar-refractivity contribution in [2.24, 2.45) is 0 Å². The Morgan fingerprint density at radius 3 is 2.06 bits per heavy atom. The van der Waals surface area contributed by atoms with Crippen LogP contribution in [0.2, 0.25) is 0 Å². The summed E-state index contributed by atoms with van der Waals surface area (Å²) < 4.78 is 8.23. The number of rotatable bonds is 3. The summed E-state index contributed by atoms with van der Waals surface area (Å²) in [6.07, 6.45) is 19.4. The number of hydrogen-bond donors (Lipinski definition) is 0. The molecule has 2 heteroatoms. The molecular formula is C52H36OS. The summed E-state index contributed by atoms with van der Waals surface area (Å²) in [6, 6.07) is 43.5. The number of furan rings is 1. The molecule has 0 amide bonds. The molecule has 1 atom stereocenters. The molecule has 256 valence electrons. The van der Waals surface area contributed by atoms with Crippen LogP contribution in [0.5, 0.6) is 0 Å². The topological polar surface area (TPSA) is 13.1 Å². The fourth-order valence-electron chi connectivity index (χ4n) is 9.80. The Bertz CT molecular complexity index is 3200. The van der Waals surface area contributed by atoms with Crippen LogP contribution in [0.4, 0.5) is 0 Å². The molecule has 0 radical (unpaired) electrons. The van der Waals surface area contributed by atoms with Gasteiger partial charge in [0.2, 0.25) is 0 Å². The molecule has 0 saturated carbocycles. The van der Waals surface area contributed by atoms with Crippen LogP contribution >= 0.6 is 11.3 Å². The van der Waals surface area contributed by atoms with Crippen LogP contribution in [0.15, 0.2) is 132 Å². The first-order valence-electron chi connectivity index (χ1n) is 19.4. The van der Waals surface area contributed by atoms with E-state index in [0.717, 1.165) is 43.1 Å². The number of fused-ring (bicyclic) bond motifs is 13. The third-order valence-electron chi connectivity index (χ3n) is 12.3. The van der Waals surface area contributed by atoms with Crippen molar-refractivity contribution in [2.45, 2.75) is 38.0 Å². The summed E-state index contributed by atoms with van der Waals surface area (Å²) in [6.45, 7) is 0. The molecule has 0 aliphatic heterocycles. The summed E-state index contributed by atoms with van der Waals surface area (Å²) in [5.41, 5.74) is 12.8. The average molecular weight is 709 g/mol. The zero-order valence-electron chi connectivity index (χ0n) is 29.9. The highest BCUT2D eigenvalue weighted by atomic mass is 32.1. The largest absolute Gasteiger partial charge is 0.456 e. The van der Waals surface area contributed by atoms with Gasteiger partial charge in [0.25, 0.3) is 0 Å². The standard InChI is InChI=1S/C52H36OS/c1-2-13-32-28-36(25-24-31(32)12-1)48-39-18-5-3-16-37(39)47(38-17-4-6-19-40(38)48)35-15-11-14-33(29-35)34-26-27-45-44(30-34)49-41-20-7-8-21-42(41)52-50(51(49)53-45)43-22-9-10-23-46(43)54-52/h1,3-9,11-12,14-22,24-25,27-30,34H,2,10,13,23,26H2. The quantitative estimate of drug-likeness (QED) is 0.167. The van der Waals surface area contributed by atoms with E-state index in [1.165, 1.54) is 102 Å². The van der Waals surface area contributed by atoms with Gasteiger partial charge < -0.3 is 4.42 Å². The van der Waals surface area contributed by atoms with Crippen LogP contribution < -0.4 is 10.6 Å². The minimum Gasteiger partial charge on any atom is -0.456 e. The molecule has 9 aromatic rings. The maximum Gasteiger partial charge on any atom is 0.145 e. The van der Waals surface area contributed by atoms with Crippen molar-refractivity contribution < 1.29 is 4.42 Å². The van der Waals surface area contributed by atoms with Gasteiger partial charge in [0.05, 0.1) is 0 Å². The molecule has 12 rings (SSSR count). The zero-order chi connectivity index (χ0) is 35.3. The van der Waals surface area contributed by atoms with E-state index < -0.39 is 0 Å². The van der Waals surface area contributed by atoms with Gasteiger partial charge >= 0.3 is 0 Å². The van der Waals surface area contributed by atoms with Crippen molar-refractivity contribution in [1.82, 2.24) is 0 Å². The molecule has 2 heterocycles. The van der Waals surface area contributed by atoms with Crippen LogP contribution in [0, 0.1) is 0 Å². The molecule has 0 N–H and O–H groups in total. The van der Waals surface area contributed by atoms with Gasteiger partial charge in [-0.2, -0.15) is 0 Å². The van der Waals surface area contributed by atoms with Crippen molar-refractivity contribution in [1.29, 1.82) is 0 Å². The van der Waals surface area contributed by atoms with E-state index in [1.807, 2.05) is 11.3 Å². The van der Waals surface area contributed by atoms with E-state index in [-0.39, 0.29) is 5.92 Å². The van der Waals surface area contributed by atoms with E-state index in [4.69, 9.17) is 4.42 Å². The van der Waals surface area contributed by atoms with Crippen molar-refractivity contribution in [3.63, 3.8) is 0 Å². The first-order chi connectivity index (χ1) is 26.8. The Hall–Kier alpha value is -5.96. The fraction of sp³-hybridized carbons (Fsp3) is 0.115. The predicted octanol–water partition coefficient (Wildman–Crippen LogP) is 13.1. The van der Waals surface area contributed by atoms with Crippen molar-refractivity contribution in [3.8, 4) is 22.3 Å². The Morgan fingerprint density at radius 2 is 1.28 bits per heavy atom. The lowest BCUT2D eigenvalue weighted by molar-refractivity contribution is 0.573. The van der Waals surface area contributed by atoms with E-state index in [9.17, 15) is 0 Å². The van der Waals surface area contributed by atoms with Gasteiger partial charge in [-0.15, -0.1) is 11.3 Å². The molecule has 0 saturated heterocycles. The lowest BCUT2D eigenvalue weighted by Crippen LogP contribution is -2.25. The summed E-state index contributed by atoms with van der Waals surface area (Å²) in [5, 5.41) is 11.6. The smallest absolute Gasteiger partial charge is 0.145 e. The second kappa shape index (κ2) is 11.8. The Kier molecular flexibility index (Phi) is 6.65. The fourth-order valence-corrected chi connectivity index (χ4v) is 11.1. The second-order valence-corrected chi connectivity index (χ2v) is 16.4. The van der Waals surface area contributed by atoms with Gasteiger partial charge in [0.15, 0.2) is 0 Å². The third-order valence-corrected chi connectivity index (χ3v) is 13.6. The van der Waals surface area contributed by atoms with Crippen LogP contribution in [0.25, 0.3) is 99.9 Å². The number of thiophene rings is 1. The van der Waals surface area contributed by atoms with Gasteiger partial charge in [-0.1, -0.05) is 146 Å². The molecule has 54 heavy (non-hydrogen) atoms. The van der Waals surface area contributed by atoms with E-state index in [2.05, 4.69) is 152 Å². The number of hydrogen-bond acceptors (Lipinski definition) is 2. The first-order valence-corrected chi connectivity index (χ1v) is 20.2. The van der Waals surface area contributed by atoms with Gasteiger partial charge in [-0.05, 0) is 110 Å². The molecule has 0 spiro atoms. The van der Waals surface area contributed by atoms with E-state index >= 15 is 0 Å². The number of allylic oxidation sites excluding steroid dienone is 2. The van der Waals surface area contributed by atoms with Gasteiger partial charge in [0, 0.05) is 36.9 Å².